The second-order valence-electron chi connectivity index (χ2n) is 7.02. The van der Waals surface area contributed by atoms with Gasteiger partial charge in [-0.1, -0.05) is 13.0 Å². The Labute approximate surface area is 139 Å². The highest BCUT2D eigenvalue weighted by Crippen LogP contribution is 2.14. The molecule has 0 spiro atoms. The number of aliphatic imine (C=N–C) groups is 1. The van der Waals surface area contributed by atoms with Gasteiger partial charge in [0.1, 0.15) is 5.82 Å². The molecule has 0 radical (unpaired) electrons. The number of nitrogens with two attached hydrogens (primary N) is 1. The van der Waals surface area contributed by atoms with Crippen LogP contribution in [0.2, 0.25) is 0 Å². The molecule has 1 aromatic heterocycles. The lowest BCUT2D eigenvalue weighted by Crippen LogP contribution is -2.46. The summed E-state index contributed by atoms with van der Waals surface area (Å²) in [5, 5.41) is 3.16. The lowest BCUT2D eigenvalue weighted by Gasteiger charge is -2.34. The molecule has 1 aromatic rings. The van der Waals surface area contributed by atoms with Crippen molar-refractivity contribution in [2.75, 3.05) is 37.6 Å². The van der Waals surface area contributed by atoms with Crippen molar-refractivity contribution < 1.29 is 0 Å². The molecule has 3 N–H and O–H groups in total. The summed E-state index contributed by atoms with van der Waals surface area (Å²) in [5.41, 5.74) is 6.88. The molecule has 0 unspecified atom stereocenters. The minimum absolute atomic E-state index is 0.0731. The number of likely N-dealkylation sites (N-methyl/N-ethyl adjacent to an activating group) is 1. The first kappa shape index (κ1) is 17.5. The second kappa shape index (κ2) is 7.64. The van der Waals surface area contributed by atoms with Crippen molar-refractivity contribution in [3.63, 3.8) is 0 Å². The van der Waals surface area contributed by atoms with Crippen LogP contribution in [0, 0.1) is 0 Å². The Morgan fingerprint density at radius 3 is 2.48 bits per heavy atom. The Hall–Kier alpha value is -1.82. The second-order valence-corrected chi connectivity index (χ2v) is 7.02. The van der Waals surface area contributed by atoms with E-state index >= 15 is 0 Å². The van der Waals surface area contributed by atoms with E-state index in [-0.39, 0.29) is 5.54 Å². The quantitative estimate of drug-likeness (QED) is 0.649. The molecule has 0 aromatic carbocycles. The Morgan fingerprint density at radius 2 is 1.96 bits per heavy atom. The Kier molecular flexibility index (Phi) is 5.82. The number of nitrogens with one attached hydrogen (secondary N) is 1. The van der Waals surface area contributed by atoms with Crippen LogP contribution in [-0.2, 0) is 6.54 Å². The van der Waals surface area contributed by atoms with E-state index in [1.165, 1.54) is 0 Å². The Bertz CT molecular complexity index is 509. The van der Waals surface area contributed by atoms with Gasteiger partial charge in [-0.2, -0.15) is 0 Å². The van der Waals surface area contributed by atoms with Gasteiger partial charge in [0.2, 0.25) is 0 Å². The molecule has 1 aliphatic heterocycles. The molecule has 2 heterocycles. The summed E-state index contributed by atoms with van der Waals surface area (Å²) in [6, 6.07) is 4.17. The van der Waals surface area contributed by atoms with Crippen molar-refractivity contribution in [1.82, 2.24) is 15.2 Å². The standard InChI is InChI=1S/C17H30N6/c1-5-22-8-10-23(11-9-22)15-7-6-14(12-19-15)13-20-16(18)21-17(2,3)4/h6-7,12H,5,8-11,13H2,1-4H3,(H3,18,20,21). The zero-order valence-electron chi connectivity index (χ0n) is 14.8. The maximum absolute atomic E-state index is 5.89. The van der Waals surface area contributed by atoms with Crippen LogP contribution in [0.4, 0.5) is 5.82 Å². The number of pyridine rings is 1. The highest BCUT2D eigenvalue weighted by atomic mass is 15.3. The van der Waals surface area contributed by atoms with Crippen LogP contribution >= 0.6 is 0 Å². The monoisotopic (exact) mass is 318 g/mol. The average Bonchev–Trinajstić information content (AvgIpc) is 2.52. The summed E-state index contributed by atoms with van der Waals surface area (Å²) in [6.45, 7) is 14.4. The summed E-state index contributed by atoms with van der Waals surface area (Å²) in [5.74, 6) is 1.52. The molecule has 0 saturated carbocycles. The SMILES string of the molecule is CCN1CCN(c2ccc(CN=C(N)NC(C)(C)C)cn2)CC1. The minimum Gasteiger partial charge on any atom is -0.370 e. The van der Waals surface area contributed by atoms with Crippen LogP contribution in [0.25, 0.3) is 0 Å². The van der Waals surface area contributed by atoms with Gasteiger partial charge in [0.05, 0.1) is 6.54 Å². The fourth-order valence-electron chi connectivity index (χ4n) is 2.59. The summed E-state index contributed by atoms with van der Waals surface area (Å²) >= 11 is 0. The first-order chi connectivity index (χ1) is 10.9. The number of piperazine rings is 1. The van der Waals surface area contributed by atoms with Gasteiger partial charge in [-0.15, -0.1) is 0 Å². The zero-order valence-corrected chi connectivity index (χ0v) is 14.8. The number of hydrogen-bond donors (Lipinski definition) is 2. The molecular weight excluding hydrogens is 288 g/mol. The Balaban J connectivity index is 1.89. The first-order valence-electron chi connectivity index (χ1n) is 8.38. The van der Waals surface area contributed by atoms with Gasteiger partial charge in [-0.25, -0.2) is 9.98 Å². The topological polar surface area (TPSA) is 69.8 Å². The molecule has 1 saturated heterocycles. The number of rotatable bonds is 4. The van der Waals surface area contributed by atoms with Crippen LogP contribution in [-0.4, -0.2) is 54.1 Å². The largest absolute Gasteiger partial charge is 0.370 e. The number of hydrogen-bond acceptors (Lipinski definition) is 4. The van der Waals surface area contributed by atoms with Gasteiger partial charge in [0, 0.05) is 37.9 Å². The predicted molar refractivity (Wildman–Crippen MR) is 96.8 cm³/mol. The van der Waals surface area contributed by atoms with Gasteiger partial charge >= 0.3 is 0 Å². The van der Waals surface area contributed by atoms with Crippen LogP contribution in [0.5, 0.6) is 0 Å². The molecule has 1 fully saturated rings. The smallest absolute Gasteiger partial charge is 0.189 e. The molecule has 1 aliphatic rings. The van der Waals surface area contributed by atoms with E-state index in [9.17, 15) is 0 Å². The van der Waals surface area contributed by atoms with Crippen molar-refractivity contribution in [2.24, 2.45) is 10.7 Å². The zero-order chi connectivity index (χ0) is 16.9. The lowest BCUT2D eigenvalue weighted by atomic mass is 10.1. The number of nitrogens with zero attached hydrogens (tertiary/aromatic N) is 4. The first-order valence-corrected chi connectivity index (χ1v) is 8.38. The third kappa shape index (κ3) is 5.71. The maximum atomic E-state index is 5.89. The molecule has 2 rings (SSSR count). The summed E-state index contributed by atoms with van der Waals surface area (Å²) < 4.78 is 0. The Morgan fingerprint density at radius 1 is 1.26 bits per heavy atom. The van der Waals surface area contributed by atoms with Crippen molar-refractivity contribution in [1.29, 1.82) is 0 Å². The predicted octanol–water partition coefficient (Wildman–Crippen LogP) is 1.43. The van der Waals surface area contributed by atoms with Crippen molar-refractivity contribution >= 4 is 11.8 Å². The van der Waals surface area contributed by atoms with Crippen molar-refractivity contribution in [3.8, 4) is 0 Å². The number of guanidine groups is 1. The fourth-order valence-corrected chi connectivity index (χ4v) is 2.59. The van der Waals surface area contributed by atoms with E-state index in [0.717, 1.165) is 44.1 Å². The summed E-state index contributed by atoms with van der Waals surface area (Å²) in [7, 11) is 0. The van der Waals surface area contributed by atoms with E-state index in [4.69, 9.17) is 5.73 Å². The summed E-state index contributed by atoms with van der Waals surface area (Å²) in [4.78, 5) is 13.8. The molecular formula is C17H30N6. The molecule has 0 atom stereocenters. The highest BCUT2D eigenvalue weighted by Gasteiger charge is 2.16. The molecule has 0 aliphatic carbocycles. The van der Waals surface area contributed by atoms with Crippen LogP contribution in [0.15, 0.2) is 23.3 Å². The minimum atomic E-state index is -0.0731. The normalized spacial score (nSPS) is 17.4. The number of anilines is 1. The van der Waals surface area contributed by atoms with Gasteiger partial charge in [-0.3, -0.25) is 0 Å². The third-order valence-corrected chi connectivity index (χ3v) is 3.89. The van der Waals surface area contributed by atoms with E-state index in [1.807, 2.05) is 6.20 Å². The number of aromatic nitrogens is 1. The van der Waals surface area contributed by atoms with Gasteiger partial charge in [-0.05, 0) is 38.9 Å². The fraction of sp³-hybridized carbons (Fsp3) is 0.647. The third-order valence-electron chi connectivity index (χ3n) is 3.89. The average molecular weight is 318 g/mol. The molecule has 0 bridgehead atoms. The van der Waals surface area contributed by atoms with E-state index in [2.05, 4.69) is 64.9 Å². The summed E-state index contributed by atoms with van der Waals surface area (Å²) in [6.07, 6.45) is 1.90. The van der Waals surface area contributed by atoms with Gasteiger partial charge < -0.3 is 20.9 Å². The van der Waals surface area contributed by atoms with E-state index in [1.54, 1.807) is 0 Å². The van der Waals surface area contributed by atoms with Crippen LogP contribution in [0.1, 0.15) is 33.3 Å². The van der Waals surface area contributed by atoms with E-state index in [0.29, 0.717) is 12.5 Å². The van der Waals surface area contributed by atoms with E-state index < -0.39 is 0 Å². The van der Waals surface area contributed by atoms with Gasteiger partial charge in [0.15, 0.2) is 5.96 Å². The molecule has 6 nitrogen and oxygen atoms in total. The molecule has 23 heavy (non-hydrogen) atoms. The highest BCUT2D eigenvalue weighted by molar-refractivity contribution is 5.78. The lowest BCUT2D eigenvalue weighted by molar-refractivity contribution is 0.270. The molecule has 6 heteroatoms. The molecule has 128 valence electrons. The molecule has 0 amide bonds. The maximum Gasteiger partial charge on any atom is 0.189 e. The van der Waals surface area contributed by atoms with Gasteiger partial charge in [0.25, 0.3) is 0 Å². The van der Waals surface area contributed by atoms with Crippen LogP contribution in [0.3, 0.4) is 0 Å². The van der Waals surface area contributed by atoms with Crippen molar-refractivity contribution in [3.05, 3.63) is 23.9 Å². The van der Waals surface area contributed by atoms with Crippen molar-refractivity contribution in [2.45, 2.75) is 39.8 Å². The van der Waals surface area contributed by atoms with Crippen LogP contribution < -0.4 is 16.0 Å².